The Bertz CT molecular complexity index is 1250. The number of amides is 1. The van der Waals surface area contributed by atoms with Gasteiger partial charge in [0.1, 0.15) is 5.69 Å². The summed E-state index contributed by atoms with van der Waals surface area (Å²) in [5.74, 6) is 0.206. The van der Waals surface area contributed by atoms with Crippen molar-refractivity contribution in [3.05, 3.63) is 96.8 Å². The third kappa shape index (κ3) is 5.87. The van der Waals surface area contributed by atoms with Crippen molar-refractivity contribution in [2.45, 2.75) is 12.8 Å². The van der Waals surface area contributed by atoms with Gasteiger partial charge in [-0.25, -0.2) is 0 Å². The molecular weight excluding hydrogens is 450 g/mol. The number of aliphatic hydroxyl groups is 1. The Hall–Kier alpha value is -4.23. The number of hydrogen-bond donors (Lipinski definition) is 5. The third-order valence-electron chi connectivity index (χ3n) is 6.46. The maximum Gasteiger partial charge on any atom is 0.272 e. The average Bonchev–Trinajstić information content (AvgIpc) is 3.47. The van der Waals surface area contributed by atoms with Crippen LogP contribution in [-0.4, -0.2) is 35.7 Å². The molecule has 4 aromatic rings. The predicted molar refractivity (Wildman–Crippen MR) is 147 cm³/mol. The van der Waals surface area contributed by atoms with E-state index in [-0.39, 0.29) is 12.5 Å². The van der Waals surface area contributed by atoms with Crippen LogP contribution in [0, 0.1) is 5.92 Å². The van der Waals surface area contributed by atoms with Crippen LogP contribution in [0.3, 0.4) is 0 Å². The van der Waals surface area contributed by atoms with Crippen LogP contribution in [0.2, 0.25) is 0 Å². The second kappa shape index (κ2) is 11.0. The lowest BCUT2D eigenvalue weighted by Crippen LogP contribution is -2.36. The number of carbonyl (C=O) groups excluding carboxylic acids is 1. The molecule has 1 aliphatic heterocycles. The van der Waals surface area contributed by atoms with Crippen LogP contribution in [0.1, 0.15) is 23.3 Å². The van der Waals surface area contributed by atoms with Gasteiger partial charge in [-0.05, 0) is 104 Å². The van der Waals surface area contributed by atoms with Crippen molar-refractivity contribution < 1.29 is 9.90 Å². The van der Waals surface area contributed by atoms with Crippen LogP contribution in [0.25, 0.3) is 0 Å². The van der Waals surface area contributed by atoms with E-state index in [1.165, 1.54) is 5.69 Å². The van der Waals surface area contributed by atoms with E-state index in [9.17, 15) is 9.90 Å². The first-order valence-corrected chi connectivity index (χ1v) is 12.3. The van der Waals surface area contributed by atoms with E-state index in [1.54, 1.807) is 18.3 Å². The molecule has 1 aliphatic rings. The van der Waals surface area contributed by atoms with Gasteiger partial charge in [-0.3, -0.25) is 4.79 Å². The number of piperidine rings is 1. The summed E-state index contributed by atoms with van der Waals surface area (Å²) in [6.45, 7) is 2.23. The van der Waals surface area contributed by atoms with Gasteiger partial charge in [0, 0.05) is 60.0 Å². The Balaban J connectivity index is 1.14. The minimum atomic E-state index is -0.166. The van der Waals surface area contributed by atoms with Gasteiger partial charge in [0.2, 0.25) is 0 Å². The molecule has 5 rings (SSSR count). The normalized spacial score (nSPS) is 15.4. The standard InChI is InChI=1S/C29H31N5O2/c35-20-21-3-2-18-34(19-21)27-15-13-25(14-16-27)32-23-7-5-22(6-8-23)31-24-9-11-26(12-10-24)33-29(36)28-4-1-17-30-28/h1,4-17,21,30-32,35H,2-3,18-20H2,(H,33,36). The van der Waals surface area contributed by atoms with Crippen LogP contribution >= 0.6 is 0 Å². The summed E-state index contributed by atoms with van der Waals surface area (Å²) < 4.78 is 0. The maximum absolute atomic E-state index is 12.2. The zero-order valence-electron chi connectivity index (χ0n) is 20.1. The van der Waals surface area contributed by atoms with Crippen LogP contribution in [-0.2, 0) is 0 Å². The number of H-pyrrole nitrogens is 1. The molecule has 184 valence electrons. The van der Waals surface area contributed by atoms with E-state index in [1.807, 2.05) is 48.5 Å². The van der Waals surface area contributed by atoms with E-state index in [2.05, 4.69) is 50.1 Å². The monoisotopic (exact) mass is 481 g/mol. The number of anilines is 6. The highest BCUT2D eigenvalue weighted by Crippen LogP contribution is 2.27. The summed E-state index contributed by atoms with van der Waals surface area (Å²) in [4.78, 5) is 17.4. The van der Waals surface area contributed by atoms with Crippen molar-refractivity contribution in [2.24, 2.45) is 5.92 Å². The molecule has 0 aliphatic carbocycles. The number of rotatable bonds is 8. The lowest BCUT2D eigenvalue weighted by Gasteiger charge is -2.33. The molecule has 0 radical (unpaired) electrons. The number of carbonyl (C=O) groups is 1. The molecule has 2 heterocycles. The second-order valence-corrected chi connectivity index (χ2v) is 9.13. The first-order chi connectivity index (χ1) is 17.7. The van der Waals surface area contributed by atoms with E-state index in [4.69, 9.17) is 0 Å². The van der Waals surface area contributed by atoms with Gasteiger partial charge in [0.15, 0.2) is 0 Å². The molecule has 7 nitrogen and oxygen atoms in total. The summed E-state index contributed by atoms with van der Waals surface area (Å²) in [6, 6.07) is 27.8. The average molecular weight is 482 g/mol. The Kier molecular flexibility index (Phi) is 7.19. The molecule has 1 amide bonds. The number of aromatic nitrogens is 1. The number of nitrogens with one attached hydrogen (secondary N) is 4. The Morgan fingerprint density at radius 1 is 0.833 bits per heavy atom. The molecular formula is C29H31N5O2. The van der Waals surface area contributed by atoms with Gasteiger partial charge in [0.05, 0.1) is 0 Å². The number of benzene rings is 3. The molecule has 1 fully saturated rings. The highest BCUT2D eigenvalue weighted by atomic mass is 16.3. The topological polar surface area (TPSA) is 92.4 Å². The lowest BCUT2D eigenvalue weighted by atomic mass is 9.98. The SMILES string of the molecule is O=C(Nc1ccc(Nc2ccc(Nc3ccc(N4CCCC(CO)C4)cc3)cc2)cc1)c1ccc[nH]1. The van der Waals surface area contributed by atoms with Crippen molar-refractivity contribution in [3.8, 4) is 0 Å². The third-order valence-corrected chi connectivity index (χ3v) is 6.46. The van der Waals surface area contributed by atoms with Gasteiger partial charge in [0.25, 0.3) is 5.91 Å². The van der Waals surface area contributed by atoms with Crippen molar-refractivity contribution in [2.75, 3.05) is 40.5 Å². The number of aliphatic hydroxyl groups excluding tert-OH is 1. The van der Waals surface area contributed by atoms with Gasteiger partial charge in [-0.2, -0.15) is 0 Å². The van der Waals surface area contributed by atoms with Crippen LogP contribution in [0.5, 0.6) is 0 Å². The molecule has 0 spiro atoms. The van der Waals surface area contributed by atoms with E-state index in [0.29, 0.717) is 11.6 Å². The molecule has 0 saturated carbocycles. The summed E-state index contributed by atoms with van der Waals surface area (Å²) in [5.41, 5.74) is 6.42. The van der Waals surface area contributed by atoms with E-state index >= 15 is 0 Å². The first kappa shape index (κ1) is 23.5. The molecule has 0 bridgehead atoms. The van der Waals surface area contributed by atoms with Gasteiger partial charge in [-0.15, -0.1) is 0 Å². The highest BCUT2D eigenvalue weighted by Gasteiger charge is 2.19. The molecule has 1 unspecified atom stereocenters. The molecule has 1 atom stereocenters. The fourth-order valence-corrected chi connectivity index (χ4v) is 4.48. The quantitative estimate of drug-likeness (QED) is 0.214. The van der Waals surface area contributed by atoms with E-state index < -0.39 is 0 Å². The van der Waals surface area contributed by atoms with Crippen molar-refractivity contribution in [1.29, 1.82) is 0 Å². The summed E-state index contributed by atoms with van der Waals surface area (Å²) in [6.07, 6.45) is 3.96. The molecule has 1 saturated heterocycles. The lowest BCUT2D eigenvalue weighted by molar-refractivity contribution is 0.102. The van der Waals surface area contributed by atoms with E-state index in [0.717, 1.165) is 54.4 Å². The van der Waals surface area contributed by atoms with Crippen LogP contribution in [0.4, 0.5) is 34.1 Å². The molecule has 7 heteroatoms. The summed E-state index contributed by atoms with van der Waals surface area (Å²) in [5, 5.41) is 19.2. The minimum absolute atomic E-state index is 0.166. The van der Waals surface area contributed by atoms with Crippen LogP contribution < -0.4 is 20.9 Å². The number of aromatic amines is 1. The van der Waals surface area contributed by atoms with Crippen molar-refractivity contribution in [1.82, 2.24) is 4.98 Å². The zero-order chi connectivity index (χ0) is 24.7. The Morgan fingerprint density at radius 2 is 1.39 bits per heavy atom. The largest absolute Gasteiger partial charge is 0.396 e. The fourth-order valence-electron chi connectivity index (χ4n) is 4.48. The van der Waals surface area contributed by atoms with Crippen molar-refractivity contribution in [3.63, 3.8) is 0 Å². The maximum atomic E-state index is 12.2. The predicted octanol–water partition coefficient (Wildman–Crippen LogP) is 5.96. The van der Waals surface area contributed by atoms with Gasteiger partial charge >= 0.3 is 0 Å². The first-order valence-electron chi connectivity index (χ1n) is 12.3. The fraction of sp³-hybridized carbons (Fsp3) is 0.207. The molecule has 3 aromatic carbocycles. The molecule has 5 N–H and O–H groups in total. The van der Waals surface area contributed by atoms with Gasteiger partial charge in [-0.1, -0.05) is 0 Å². The van der Waals surface area contributed by atoms with Crippen molar-refractivity contribution >= 4 is 40.0 Å². The Labute approximate surface area is 211 Å². The number of hydrogen-bond acceptors (Lipinski definition) is 5. The van der Waals surface area contributed by atoms with Gasteiger partial charge < -0.3 is 30.9 Å². The highest BCUT2D eigenvalue weighted by molar-refractivity contribution is 6.03. The van der Waals surface area contributed by atoms with Crippen LogP contribution in [0.15, 0.2) is 91.1 Å². The zero-order valence-corrected chi connectivity index (χ0v) is 20.1. The minimum Gasteiger partial charge on any atom is -0.396 e. The molecule has 36 heavy (non-hydrogen) atoms. The second-order valence-electron chi connectivity index (χ2n) is 9.13. The molecule has 1 aromatic heterocycles. The number of nitrogens with zero attached hydrogens (tertiary/aromatic N) is 1. The Morgan fingerprint density at radius 3 is 1.92 bits per heavy atom. The summed E-state index contributed by atoms with van der Waals surface area (Å²) in [7, 11) is 0. The summed E-state index contributed by atoms with van der Waals surface area (Å²) >= 11 is 0. The smallest absolute Gasteiger partial charge is 0.272 e.